The van der Waals surface area contributed by atoms with Crippen molar-refractivity contribution >= 4 is 91.9 Å². The summed E-state index contributed by atoms with van der Waals surface area (Å²) in [6, 6.07) is -1.08. The van der Waals surface area contributed by atoms with Gasteiger partial charge in [0.1, 0.15) is 33.0 Å². The molecule has 0 spiro atoms. The number of carboxylic acid groups (broad SMARTS) is 1. The molecule has 0 aromatic carbocycles. The lowest BCUT2D eigenvalue weighted by Gasteiger charge is -2.49. The number of aromatic amines is 1. The number of rotatable bonds is 6. The van der Waals surface area contributed by atoms with E-state index in [0.717, 1.165) is 28.0 Å². The molecule has 2 aliphatic heterocycles. The van der Waals surface area contributed by atoms with Crippen molar-refractivity contribution < 1.29 is 24.7 Å². The smallest absolute Gasteiger partial charge is 0.353 e. The van der Waals surface area contributed by atoms with Gasteiger partial charge in [-0.15, -0.1) is 11.8 Å². The third-order valence-corrected chi connectivity index (χ3v) is 8.59. The fourth-order valence-corrected chi connectivity index (χ4v) is 6.88. The van der Waals surface area contributed by atoms with E-state index < -0.39 is 34.9 Å². The first-order chi connectivity index (χ1) is 17.2. The molecule has 0 saturated carbocycles. The molecule has 3 aromatic rings. The summed E-state index contributed by atoms with van der Waals surface area (Å²) in [5, 5.41) is 31.1. The highest BCUT2D eigenvalue weighted by Gasteiger charge is 2.54. The number of hydrogen-bond donors (Lipinski definition) is 6. The Morgan fingerprint density at radius 2 is 2.11 bits per heavy atom. The molecule has 5 rings (SSSR count). The van der Waals surface area contributed by atoms with Gasteiger partial charge in [0.2, 0.25) is 0 Å². The molecule has 2 atom stereocenters. The Kier molecular flexibility index (Phi) is 6.10. The number of halogens is 1. The number of thiazole rings is 1. The number of nitrogens with zero attached hydrogens (tertiary/aromatic N) is 6. The monoisotopic (exact) mass is 568 g/mol. The Balaban J connectivity index is 1.37. The minimum absolute atomic E-state index is 0.0259. The standard InChI is InChI=1S/C17H13ClN10O5S3/c18-9-5(23-16(20)36-9)6(27-33)12(29)22-7-13(30)28-8(15(31)32)4(2-34-14(7)28)35-17-24-10(19)3-1-21-26-11(3)25-17/h1,7,14,33H,2H2,(H2,20,23)(H,22,29)(H,31,32)(H3,19,21,24,25,26)/b27-6-/t7?,14-/m1/s1. The molecule has 0 radical (unpaired) electrons. The summed E-state index contributed by atoms with van der Waals surface area (Å²) in [4.78, 5) is 51.5. The van der Waals surface area contributed by atoms with Crippen molar-refractivity contribution in [2.24, 2.45) is 5.16 Å². The average Bonchev–Trinajstić information content (AvgIpc) is 3.43. The minimum atomic E-state index is -1.33. The molecule has 1 fully saturated rings. The summed E-state index contributed by atoms with van der Waals surface area (Å²) in [6.07, 6.45) is 1.47. The van der Waals surface area contributed by atoms with Crippen LogP contribution in [-0.4, -0.2) is 81.0 Å². The summed E-state index contributed by atoms with van der Waals surface area (Å²) >= 11 is 9.05. The van der Waals surface area contributed by atoms with Crippen molar-refractivity contribution in [1.29, 1.82) is 0 Å². The van der Waals surface area contributed by atoms with Gasteiger partial charge >= 0.3 is 5.97 Å². The number of β-lactam (4-membered cyclic amide) rings is 1. The van der Waals surface area contributed by atoms with E-state index in [1.165, 1.54) is 18.0 Å². The molecular weight excluding hydrogens is 556 g/mol. The number of aromatic nitrogens is 5. The zero-order valence-corrected chi connectivity index (χ0v) is 20.7. The highest BCUT2D eigenvalue weighted by atomic mass is 35.5. The molecule has 2 aliphatic rings. The van der Waals surface area contributed by atoms with Gasteiger partial charge in [-0.2, -0.15) is 5.10 Å². The second-order valence-electron chi connectivity index (χ2n) is 7.19. The maximum atomic E-state index is 12.9. The largest absolute Gasteiger partial charge is 0.477 e. The van der Waals surface area contributed by atoms with E-state index in [4.69, 9.17) is 23.1 Å². The lowest BCUT2D eigenvalue weighted by atomic mass is 10.0. The third-order valence-electron chi connectivity index (χ3n) is 5.10. The summed E-state index contributed by atoms with van der Waals surface area (Å²) in [5.41, 5.74) is 10.9. The quantitative estimate of drug-likeness (QED) is 0.0771. The maximum absolute atomic E-state index is 12.9. The van der Waals surface area contributed by atoms with Gasteiger partial charge in [-0.3, -0.25) is 19.6 Å². The van der Waals surface area contributed by atoms with E-state index in [1.807, 2.05) is 0 Å². The van der Waals surface area contributed by atoms with E-state index in [0.29, 0.717) is 15.9 Å². The van der Waals surface area contributed by atoms with Crippen LogP contribution in [0.3, 0.4) is 0 Å². The predicted octanol–water partition coefficient (Wildman–Crippen LogP) is 0.294. The van der Waals surface area contributed by atoms with Crippen LogP contribution in [0.25, 0.3) is 11.0 Å². The first-order valence-electron chi connectivity index (χ1n) is 9.70. The highest BCUT2D eigenvalue weighted by Crippen LogP contribution is 2.45. The number of nitrogen functional groups attached to an aromatic ring is 2. The molecule has 15 nitrogen and oxygen atoms in total. The first-order valence-corrected chi connectivity index (χ1v) is 12.8. The molecule has 2 amide bonds. The SMILES string of the molecule is Nc1nc(/C(=N/O)C(=O)NC2C(=O)N3C(C(=O)O)=C(Sc4nc(N)c5cn[nH]c5n4)CS[C@H]23)c(Cl)s1. The number of amides is 2. The van der Waals surface area contributed by atoms with Crippen LogP contribution in [0.4, 0.5) is 10.9 Å². The Bertz CT molecular complexity index is 1500. The second kappa shape index (κ2) is 9.12. The van der Waals surface area contributed by atoms with Crippen molar-refractivity contribution in [3.63, 3.8) is 0 Å². The molecule has 3 aromatic heterocycles. The zero-order chi connectivity index (χ0) is 25.7. The van der Waals surface area contributed by atoms with Crippen molar-refractivity contribution in [3.05, 3.63) is 26.8 Å². The third kappa shape index (κ3) is 3.96. The fraction of sp³-hybridized carbons (Fsp3) is 0.176. The molecule has 186 valence electrons. The van der Waals surface area contributed by atoms with Crippen LogP contribution in [-0.2, 0) is 14.4 Å². The lowest BCUT2D eigenvalue weighted by Crippen LogP contribution is -2.71. The van der Waals surface area contributed by atoms with Gasteiger partial charge in [-0.05, 0) is 0 Å². The number of aliphatic carboxylic acids is 1. The van der Waals surface area contributed by atoms with E-state index in [9.17, 15) is 24.7 Å². The summed E-state index contributed by atoms with van der Waals surface area (Å²) < 4.78 is 0.0259. The Labute approximate surface area is 217 Å². The van der Waals surface area contributed by atoms with Crippen LogP contribution in [0, 0.1) is 0 Å². The van der Waals surface area contributed by atoms with Crippen LogP contribution >= 0.6 is 46.5 Å². The fourth-order valence-electron chi connectivity index (χ4n) is 3.53. The van der Waals surface area contributed by atoms with Gasteiger partial charge in [0, 0.05) is 10.7 Å². The van der Waals surface area contributed by atoms with Crippen molar-refractivity contribution in [3.8, 4) is 0 Å². The van der Waals surface area contributed by atoms with Gasteiger partial charge in [0.15, 0.2) is 21.6 Å². The van der Waals surface area contributed by atoms with E-state index in [1.54, 1.807) is 0 Å². The molecule has 19 heteroatoms. The van der Waals surface area contributed by atoms with Crippen molar-refractivity contribution in [2.45, 2.75) is 16.6 Å². The minimum Gasteiger partial charge on any atom is -0.477 e. The number of H-pyrrole nitrogens is 1. The number of thioether (sulfide) groups is 2. The molecule has 0 bridgehead atoms. The molecule has 5 heterocycles. The molecule has 1 saturated heterocycles. The summed E-state index contributed by atoms with van der Waals surface area (Å²) in [5.74, 6) is -2.57. The number of nitrogens with one attached hydrogen (secondary N) is 2. The van der Waals surface area contributed by atoms with Crippen LogP contribution in [0.5, 0.6) is 0 Å². The van der Waals surface area contributed by atoms with Gasteiger partial charge in [-0.1, -0.05) is 39.9 Å². The topological polar surface area (TPSA) is 239 Å². The summed E-state index contributed by atoms with van der Waals surface area (Å²) in [6.45, 7) is 0. The normalized spacial score (nSPS) is 19.9. The van der Waals surface area contributed by atoms with E-state index in [2.05, 4.69) is 35.6 Å². The zero-order valence-electron chi connectivity index (χ0n) is 17.5. The van der Waals surface area contributed by atoms with E-state index >= 15 is 0 Å². The van der Waals surface area contributed by atoms with Crippen LogP contribution in [0.1, 0.15) is 5.69 Å². The molecule has 0 aliphatic carbocycles. The first kappa shape index (κ1) is 24.1. The molecular formula is C17H13ClN10O5S3. The van der Waals surface area contributed by atoms with Gasteiger partial charge in [0.25, 0.3) is 11.8 Å². The van der Waals surface area contributed by atoms with Crippen molar-refractivity contribution in [2.75, 3.05) is 17.2 Å². The predicted molar refractivity (Wildman–Crippen MR) is 131 cm³/mol. The Hall–Kier alpha value is -3.61. The summed E-state index contributed by atoms with van der Waals surface area (Å²) in [7, 11) is 0. The lowest BCUT2D eigenvalue weighted by molar-refractivity contribution is -0.150. The van der Waals surface area contributed by atoms with E-state index in [-0.39, 0.29) is 37.6 Å². The van der Waals surface area contributed by atoms with Gasteiger partial charge in [0.05, 0.1) is 11.6 Å². The van der Waals surface area contributed by atoms with Crippen LogP contribution in [0.15, 0.2) is 27.1 Å². The Morgan fingerprint density at radius 1 is 1.33 bits per heavy atom. The molecule has 8 N–H and O–H groups in total. The number of oxime groups is 1. The number of anilines is 2. The van der Waals surface area contributed by atoms with Crippen LogP contribution < -0.4 is 16.8 Å². The number of carbonyl (C=O) groups excluding carboxylic acids is 2. The van der Waals surface area contributed by atoms with Crippen LogP contribution in [0.2, 0.25) is 4.34 Å². The number of carboxylic acids is 1. The second-order valence-corrected chi connectivity index (χ2v) is 11.0. The highest BCUT2D eigenvalue weighted by molar-refractivity contribution is 8.06. The molecule has 36 heavy (non-hydrogen) atoms. The number of fused-ring (bicyclic) bond motifs is 2. The van der Waals surface area contributed by atoms with Gasteiger partial charge < -0.3 is 27.1 Å². The number of nitrogens with two attached hydrogens (primary N) is 2. The molecule has 1 unspecified atom stereocenters. The number of hydrogen-bond acceptors (Lipinski definition) is 14. The Morgan fingerprint density at radius 3 is 2.78 bits per heavy atom. The van der Waals surface area contributed by atoms with Gasteiger partial charge in [-0.25, -0.2) is 19.7 Å². The number of carbonyl (C=O) groups is 3. The maximum Gasteiger partial charge on any atom is 0.353 e. The average molecular weight is 569 g/mol. The van der Waals surface area contributed by atoms with Crippen molar-refractivity contribution in [1.82, 2.24) is 35.4 Å².